The summed E-state index contributed by atoms with van der Waals surface area (Å²) in [7, 11) is 0. The van der Waals surface area contributed by atoms with E-state index in [9.17, 15) is 20.0 Å². The Kier molecular flexibility index (Phi) is 6.35. The molecular formula is C22H23N3O4. The second-order valence-electron chi connectivity index (χ2n) is 6.87. The number of nitriles is 1. The van der Waals surface area contributed by atoms with Gasteiger partial charge >= 0.3 is 5.97 Å². The van der Waals surface area contributed by atoms with Gasteiger partial charge in [0.1, 0.15) is 17.4 Å². The lowest BCUT2D eigenvalue weighted by atomic mass is 9.98. The largest absolute Gasteiger partial charge is 0.507 e. The molecule has 1 amide bonds. The van der Waals surface area contributed by atoms with Crippen LogP contribution in [0.5, 0.6) is 5.75 Å². The third kappa shape index (κ3) is 4.66. The van der Waals surface area contributed by atoms with Gasteiger partial charge in [-0.1, -0.05) is 24.3 Å². The number of piperidine rings is 1. The molecule has 7 heteroatoms. The van der Waals surface area contributed by atoms with E-state index in [0.29, 0.717) is 36.2 Å². The number of carbonyl (C=O) groups excluding carboxylic acids is 2. The van der Waals surface area contributed by atoms with Crippen LogP contribution in [0.2, 0.25) is 0 Å². The first-order chi connectivity index (χ1) is 14.0. The van der Waals surface area contributed by atoms with E-state index in [1.807, 2.05) is 11.0 Å². The fraction of sp³-hybridized carbons (Fsp3) is 0.318. The van der Waals surface area contributed by atoms with Crippen molar-refractivity contribution in [1.82, 2.24) is 4.90 Å². The summed E-state index contributed by atoms with van der Waals surface area (Å²) in [5, 5.41) is 23.5. The molecule has 0 radical (unpaired) electrons. The highest BCUT2D eigenvalue weighted by Crippen LogP contribution is 2.30. The summed E-state index contributed by atoms with van der Waals surface area (Å²) in [5.41, 5.74) is 0.458. The molecule has 1 fully saturated rings. The maximum absolute atomic E-state index is 12.7. The predicted octanol–water partition coefficient (Wildman–Crippen LogP) is 3.17. The Labute approximate surface area is 169 Å². The lowest BCUT2D eigenvalue weighted by Gasteiger charge is -2.30. The summed E-state index contributed by atoms with van der Waals surface area (Å²) in [5.74, 6) is -0.928. The van der Waals surface area contributed by atoms with E-state index in [1.165, 1.54) is 6.20 Å². The topological polar surface area (TPSA) is 103 Å². The Morgan fingerprint density at radius 3 is 2.83 bits per heavy atom. The molecule has 0 saturated carbocycles. The van der Waals surface area contributed by atoms with Gasteiger partial charge in [-0.2, -0.15) is 5.26 Å². The minimum Gasteiger partial charge on any atom is -0.507 e. The molecule has 1 saturated heterocycles. The summed E-state index contributed by atoms with van der Waals surface area (Å²) in [6, 6.07) is 12.2. The summed E-state index contributed by atoms with van der Waals surface area (Å²) in [6.07, 6.45) is 3.02. The number of rotatable bonds is 5. The third-order valence-corrected chi connectivity index (χ3v) is 4.90. The Balaban J connectivity index is 1.77. The van der Waals surface area contributed by atoms with Gasteiger partial charge in [0, 0.05) is 35.7 Å². The van der Waals surface area contributed by atoms with Crippen LogP contribution in [0.25, 0.3) is 10.8 Å². The van der Waals surface area contributed by atoms with Gasteiger partial charge in [0.15, 0.2) is 0 Å². The highest BCUT2D eigenvalue weighted by atomic mass is 16.5. The van der Waals surface area contributed by atoms with Gasteiger partial charge in [-0.25, -0.2) is 0 Å². The predicted molar refractivity (Wildman–Crippen MR) is 109 cm³/mol. The minimum atomic E-state index is -0.540. The van der Waals surface area contributed by atoms with Crippen LogP contribution in [0.4, 0.5) is 5.69 Å². The number of likely N-dealkylation sites (tertiary alicyclic amines) is 1. The zero-order chi connectivity index (χ0) is 20.8. The summed E-state index contributed by atoms with van der Waals surface area (Å²) < 4.78 is 5.09. The Bertz CT molecular complexity index is 993. The van der Waals surface area contributed by atoms with Crippen LogP contribution in [0.1, 0.15) is 19.8 Å². The molecule has 150 valence electrons. The van der Waals surface area contributed by atoms with E-state index in [4.69, 9.17) is 4.74 Å². The van der Waals surface area contributed by atoms with Gasteiger partial charge in [-0.15, -0.1) is 0 Å². The molecule has 2 N–H and O–H groups in total. The number of nitrogens with zero attached hydrogens (tertiary/aromatic N) is 2. The van der Waals surface area contributed by atoms with Gasteiger partial charge in [0.25, 0.3) is 5.91 Å². The van der Waals surface area contributed by atoms with E-state index in [2.05, 4.69) is 5.32 Å². The summed E-state index contributed by atoms with van der Waals surface area (Å²) >= 11 is 0. The van der Waals surface area contributed by atoms with Gasteiger partial charge in [-0.05, 0) is 31.9 Å². The molecule has 0 bridgehead atoms. The highest BCUT2D eigenvalue weighted by molar-refractivity contribution is 6.11. The van der Waals surface area contributed by atoms with Gasteiger partial charge < -0.3 is 20.1 Å². The fourth-order valence-corrected chi connectivity index (χ4v) is 3.49. The molecule has 1 unspecified atom stereocenters. The molecule has 2 aromatic rings. The number of fused-ring (bicyclic) bond motifs is 1. The van der Waals surface area contributed by atoms with Crippen LogP contribution < -0.4 is 5.32 Å². The molecule has 3 rings (SSSR count). The van der Waals surface area contributed by atoms with Crippen LogP contribution in [-0.2, 0) is 14.3 Å². The van der Waals surface area contributed by atoms with E-state index in [-0.39, 0.29) is 23.2 Å². The first-order valence-corrected chi connectivity index (χ1v) is 9.58. The number of amides is 1. The van der Waals surface area contributed by atoms with E-state index in [1.54, 1.807) is 43.3 Å². The Morgan fingerprint density at radius 2 is 2.07 bits per heavy atom. The molecule has 1 aliphatic heterocycles. The zero-order valence-electron chi connectivity index (χ0n) is 16.2. The molecule has 29 heavy (non-hydrogen) atoms. The lowest BCUT2D eigenvalue weighted by molar-refractivity contribution is -0.149. The van der Waals surface area contributed by atoms with Crippen LogP contribution in [-0.4, -0.2) is 41.6 Å². The second-order valence-corrected chi connectivity index (χ2v) is 6.87. The normalized spacial score (nSPS) is 16.9. The number of phenols is 1. The molecular weight excluding hydrogens is 370 g/mol. The van der Waals surface area contributed by atoms with Crippen LogP contribution in [0, 0.1) is 17.2 Å². The van der Waals surface area contributed by atoms with E-state index < -0.39 is 5.91 Å². The minimum absolute atomic E-state index is 0.0494. The number of aromatic hydroxyl groups is 1. The first kappa shape index (κ1) is 20.2. The molecule has 1 atom stereocenters. The van der Waals surface area contributed by atoms with Crippen molar-refractivity contribution >= 4 is 28.3 Å². The van der Waals surface area contributed by atoms with Crippen molar-refractivity contribution in [2.45, 2.75) is 19.8 Å². The number of nitrogens with one attached hydrogen (secondary N) is 1. The zero-order valence-corrected chi connectivity index (χ0v) is 16.2. The highest BCUT2D eigenvalue weighted by Gasteiger charge is 2.26. The van der Waals surface area contributed by atoms with E-state index >= 15 is 0 Å². The maximum atomic E-state index is 12.7. The number of hydrogen-bond acceptors (Lipinski definition) is 6. The molecule has 1 aliphatic rings. The number of hydrogen-bond donors (Lipinski definition) is 2. The SMILES string of the molecule is CCOC(=O)C1CCCN(/C=C(/C#N)C(=O)Nc2cccc3c(O)cccc23)C1. The molecule has 2 aromatic carbocycles. The van der Waals surface area contributed by atoms with Crippen molar-refractivity contribution in [3.63, 3.8) is 0 Å². The quantitative estimate of drug-likeness (QED) is 0.460. The molecule has 0 spiro atoms. The lowest BCUT2D eigenvalue weighted by Crippen LogP contribution is -2.37. The number of ether oxygens (including phenoxy) is 1. The van der Waals surface area contributed by atoms with Crippen LogP contribution >= 0.6 is 0 Å². The average molecular weight is 393 g/mol. The van der Waals surface area contributed by atoms with Crippen molar-refractivity contribution < 1.29 is 19.4 Å². The van der Waals surface area contributed by atoms with Crippen LogP contribution in [0.15, 0.2) is 48.2 Å². The monoisotopic (exact) mass is 393 g/mol. The standard InChI is InChI=1S/C22H23N3O4/c1-2-29-22(28)15-6-5-11-25(13-15)14-16(12-23)21(27)24-19-9-3-8-18-17(19)7-4-10-20(18)26/h3-4,7-10,14-15,26H,2,5-6,11,13H2,1H3,(H,24,27)/b16-14-. The van der Waals surface area contributed by atoms with Crippen molar-refractivity contribution in [1.29, 1.82) is 5.26 Å². The van der Waals surface area contributed by atoms with Crippen molar-refractivity contribution in [3.05, 3.63) is 48.2 Å². The van der Waals surface area contributed by atoms with Crippen molar-refractivity contribution in [3.8, 4) is 11.8 Å². The van der Waals surface area contributed by atoms with E-state index in [0.717, 1.165) is 12.8 Å². The van der Waals surface area contributed by atoms with Crippen LogP contribution in [0.3, 0.4) is 0 Å². The van der Waals surface area contributed by atoms with Crippen molar-refractivity contribution in [2.75, 3.05) is 25.0 Å². The Hall–Kier alpha value is -3.53. The van der Waals surface area contributed by atoms with Gasteiger partial charge in [0.05, 0.1) is 12.5 Å². The summed E-state index contributed by atoms with van der Waals surface area (Å²) in [6.45, 7) is 3.18. The molecule has 0 aromatic heterocycles. The first-order valence-electron chi connectivity index (χ1n) is 9.58. The molecule has 7 nitrogen and oxygen atoms in total. The Morgan fingerprint density at radius 1 is 1.31 bits per heavy atom. The van der Waals surface area contributed by atoms with Gasteiger partial charge in [-0.3, -0.25) is 9.59 Å². The average Bonchev–Trinajstić information content (AvgIpc) is 2.73. The number of esters is 1. The molecule has 0 aliphatic carbocycles. The maximum Gasteiger partial charge on any atom is 0.310 e. The van der Waals surface area contributed by atoms with Crippen molar-refractivity contribution in [2.24, 2.45) is 5.92 Å². The third-order valence-electron chi connectivity index (χ3n) is 4.90. The number of anilines is 1. The fourth-order valence-electron chi connectivity index (χ4n) is 3.49. The smallest absolute Gasteiger partial charge is 0.310 e. The summed E-state index contributed by atoms with van der Waals surface area (Å²) in [4.78, 5) is 26.5. The number of carbonyl (C=O) groups is 2. The number of phenolic OH excluding ortho intramolecular Hbond substituents is 1. The second kappa shape index (κ2) is 9.11. The number of benzene rings is 2. The van der Waals surface area contributed by atoms with Gasteiger partial charge in [0.2, 0.25) is 0 Å². The molecule has 1 heterocycles.